The quantitative estimate of drug-likeness (QED) is 0.416. The van der Waals surface area contributed by atoms with Crippen LogP contribution in [0.1, 0.15) is 31.8 Å². The van der Waals surface area contributed by atoms with Crippen molar-refractivity contribution >= 4 is 35.8 Å². The van der Waals surface area contributed by atoms with Crippen LogP contribution in [-0.2, 0) is 0 Å². The Bertz CT molecular complexity index is 966. The Morgan fingerprint density at radius 3 is 1.80 bits per heavy atom. The summed E-state index contributed by atoms with van der Waals surface area (Å²) in [6.45, 7) is 1.44. The van der Waals surface area contributed by atoms with Gasteiger partial charge in [-0.1, -0.05) is 36.4 Å². The number of nitrogens with one attached hydrogen (secondary N) is 2. The Kier molecular flexibility index (Phi) is 6.73. The van der Waals surface area contributed by atoms with Gasteiger partial charge in [0.05, 0.1) is 23.4 Å². The monoisotopic (exact) mass is 404 g/mol. The maximum absolute atomic E-state index is 11.0. The van der Waals surface area contributed by atoms with Crippen LogP contribution in [0.15, 0.2) is 70.8 Å². The van der Waals surface area contributed by atoms with E-state index in [1.807, 2.05) is 12.2 Å². The highest BCUT2D eigenvalue weighted by molar-refractivity contribution is 6.09. The lowest BCUT2D eigenvalue weighted by Gasteiger charge is -2.02. The zero-order valence-electron chi connectivity index (χ0n) is 15.9. The molecular weight excluding hydrogens is 384 g/mol. The first-order valence-corrected chi connectivity index (χ1v) is 9.16. The van der Waals surface area contributed by atoms with Crippen LogP contribution in [-0.4, -0.2) is 46.9 Å². The molecule has 4 N–H and O–H groups in total. The van der Waals surface area contributed by atoms with Gasteiger partial charge < -0.3 is 15.5 Å². The van der Waals surface area contributed by atoms with Crippen LogP contribution in [0.4, 0.5) is 0 Å². The number of nitrogens with zero attached hydrogens (tertiary/aromatic N) is 2. The SMILES string of the molecule is O=C(O)c1ccc(/C=C/C(/C=C/c2ccc(C(=O)O)cc2)=NNC2=NCCN2)cc1. The molecule has 0 amide bonds. The van der Waals surface area contributed by atoms with Crippen molar-refractivity contribution in [3.8, 4) is 0 Å². The average molecular weight is 404 g/mol. The summed E-state index contributed by atoms with van der Waals surface area (Å²) in [4.78, 5) is 26.2. The van der Waals surface area contributed by atoms with Crippen molar-refractivity contribution in [2.45, 2.75) is 0 Å². The maximum Gasteiger partial charge on any atom is 0.335 e. The Morgan fingerprint density at radius 2 is 1.40 bits per heavy atom. The molecule has 1 aliphatic rings. The van der Waals surface area contributed by atoms with E-state index < -0.39 is 11.9 Å². The van der Waals surface area contributed by atoms with Gasteiger partial charge in [0.25, 0.3) is 0 Å². The normalized spacial score (nSPS) is 13.1. The predicted octanol–water partition coefficient (Wildman–Crippen LogP) is 2.71. The zero-order chi connectivity index (χ0) is 21.3. The predicted molar refractivity (Wildman–Crippen MR) is 116 cm³/mol. The third kappa shape index (κ3) is 5.90. The molecule has 3 rings (SSSR count). The molecule has 0 aromatic heterocycles. The van der Waals surface area contributed by atoms with Gasteiger partial charge in [-0.25, -0.2) is 20.0 Å². The molecular formula is C22H20N4O4. The third-order valence-electron chi connectivity index (χ3n) is 4.17. The van der Waals surface area contributed by atoms with E-state index in [0.29, 0.717) is 18.2 Å². The summed E-state index contributed by atoms with van der Waals surface area (Å²) in [6, 6.07) is 13.0. The van der Waals surface area contributed by atoms with E-state index in [1.54, 1.807) is 36.4 Å². The van der Waals surface area contributed by atoms with E-state index in [4.69, 9.17) is 10.2 Å². The van der Waals surface area contributed by atoms with E-state index in [-0.39, 0.29) is 11.1 Å². The second kappa shape index (κ2) is 9.83. The molecule has 0 bridgehead atoms. The lowest BCUT2D eigenvalue weighted by atomic mass is 10.1. The summed E-state index contributed by atoms with van der Waals surface area (Å²) in [5.41, 5.74) is 5.55. The number of aliphatic imine (C=N–C) groups is 1. The molecule has 0 atom stereocenters. The third-order valence-corrected chi connectivity index (χ3v) is 4.17. The van der Waals surface area contributed by atoms with Crippen LogP contribution in [0.3, 0.4) is 0 Å². The number of guanidine groups is 1. The summed E-state index contributed by atoms with van der Waals surface area (Å²) >= 11 is 0. The first kappa shape index (κ1) is 20.5. The first-order valence-electron chi connectivity index (χ1n) is 9.16. The van der Waals surface area contributed by atoms with Gasteiger partial charge in [0.15, 0.2) is 0 Å². The van der Waals surface area contributed by atoms with Crippen molar-refractivity contribution in [2.75, 3.05) is 13.1 Å². The maximum atomic E-state index is 11.0. The van der Waals surface area contributed by atoms with Crippen LogP contribution in [0.5, 0.6) is 0 Å². The van der Waals surface area contributed by atoms with Gasteiger partial charge in [-0.05, 0) is 47.5 Å². The van der Waals surface area contributed by atoms with Crippen LogP contribution < -0.4 is 10.7 Å². The molecule has 0 saturated carbocycles. The van der Waals surface area contributed by atoms with E-state index in [2.05, 4.69) is 20.8 Å². The number of carboxylic acid groups (broad SMARTS) is 2. The molecule has 30 heavy (non-hydrogen) atoms. The fourth-order valence-corrected chi connectivity index (χ4v) is 2.56. The van der Waals surface area contributed by atoms with Crippen molar-refractivity contribution < 1.29 is 19.8 Å². The van der Waals surface area contributed by atoms with Gasteiger partial charge in [0.1, 0.15) is 0 Å². The number of carboxylic acids is 2. The Morgan fingerprint density at radius 1 is 0.900 bits per heavy atom. The fourth-order valence-electron chi connectivity index (χ4n) is 2.56. The van der Waals surface area contributed by atoms with Crippen molar-refractivity contribution in [2.24, 2.45) is 10.1 Å². The van der Waals surface area contributed by atoms with E-state index in [0.717, 1.165) is 17.7 Å². The summed E-state index contributed by atoms with van der Waals surface area (Å²) in [6.07, 6.45) is 7.18. The van der Waals surface area contributed by atoms with Crippen LogP contribution in [0.25, 0.3) is 12.2 Å². The number of benzene rings is 2. The molecule has 8 heteroatoms. The molecule has 0 saturated heterocycles. The Balaban J connectivity index is 1.77. The van der Waals surface area contributed by atoms with E-state index >= 15 is 0 Å². The average Bonchev–Trinajstić information content (AvgIpc) is 3.27. The van der Waals surface area contributed by atoms with Gasteiger partial charge >= 0.3 is 11.9 Å². The summed E-state index contributed by atoms with van der Waals surface area (Å²) in [5, 5.41) is 25.4. The van der Waals surface area contributed by atoms with Gasteiger partial charge in [0, 0.05) is 6.54 Å². The topological polar surface area (TPSA) is 123 Å². The minimum atomic E-state index is -0.973. The van der Waals surface area contributed by atoms with Crippen LogP contribution in [0.2, 0.25) is 0 Å². The number of allylic oxidation sites excluding steroid dienone is 2. The van der Waals surface area contributed by atoms with Crippen molar-refractivity contribution in [1.29, 1.82) is 0 Å². The molecule has 2 aromatic rings. The molecule has 152 valence electrons. The van der Waals surface area contributed by atoms with Crippen molar-refractivity contribution in [3.05, 3.63) is 82.9 Å². The fraction of sp³-hybridized carbons (Fsp3) is 0.0909. The van der Waals surface area contributed by atoms with Crippen molar-refractivity contribution in [3.63, 3.8) is 0 Å². The van der Waals surface area contributed by atoms with Crippen LogP contribution >= 0.6 is 0 Å². The minimum absolute atomic E-state index is 0.220. The highest BCUT2D eigenvalue weighted by Crippen LogP contribution is 2.09. The van der Waals surface area contributed by atoms with Gasteiger partial charge in [-0.3, -0.25) is 0 Å². The van der Waals surface area contributed by atoms with E-state index in [9.17, 15) is 9.59 Å². The highest BCUT2D eigenvalue weighted by Gasteiger charge is 2.04. The van der Waals surface area contributed by atoms with E-state index in [1.165, 1.54) is 24.3 Å². The van der Waals surface area contributed by atoms with Crippen molar-refractivity contribution in [1.82, 2.24) is 10.7 Å². The second-order valence-electron chi connectivity index (χ2n) is 6.33. The number of hydrogen-bond acceptors (Lipinski definition) is 6. The molecule has 0 radical (unpaired) electrons. The summed E-state index contributed by atoms with van der Waals surface area (Å²) in [5.74, 6) is -1.36. The lowest BCUT2D eigenvalue weighted by molar-refractivity contribution is 0.0686. The summed E-state index contributed by atoms with van der Waals surface area (Å²) < 4.78 is 0. The largest absolute Gasteiger partial charge is 0.478 e. The van der Waals surface area contributed by atoms with Gasteiger partial charge in [-0.15, -0.1) is 0 Å². The smallest absolute Gasteiger partial charge is 0.335 e. The summed E-state index contributed by atoms with van der Waals surface area (Å²) in [7, 11) is 0. The second-order valence-corrected chi connectivity index (χ2v) is 6.33. The molecule has 1 aliphatic heterocycles. The Hall–Kier alpha value is -4.20. The molecule has 0 aliphatic carbocycles. The number of hydrogen-bond donors (Lipinski definition) is 4. The lowest BCUT2D eigenvalue weighted by Crippen LogP contribution is -2.30. The van der Waals surface area contributed by atoms with Gasteiger partial charge in [-0.2, -0.15) is 5.10 Å². The number of hydrazone groups is 1. The zero-order valence-corrected chi connectivity index (χ0v) is 15.9. The molecule has 1 heterocycles. The molecule has 0 unspecified atom stereocenters. The number of carbonyl (C=O) groups is 2. The van der Waals surface area contributed by atoms with Crippen LogP contribution in [0, 0.1) is 0 Å². The number of aromatic carboxylic acids is 2. The molecule has 0 fully saturated rings. The molecule has 0 spiro atoms. The number of rotatable bonds is 7. The standard InChI is InChI=1S/C22H20N4O4/c27-20(28)17-7-1-15(2-8-17)5-11-19(25-26-22-23-13-14-24-22)12-6-16-3-9-18(10-4-16)21(29)30/h1-12H,13-14H2,(H,27,28)(H,29,30)(H2,23,24,26)/b11-5+,12-6+. The highest BCUT2D eigenvalue weighted by atomic mass is 16.4. The van der Waals surface area contributed by atoms with Gasteiger partial charge in [0.2, 0.25) is 5.96 Å². The molecule has 8 nitrogen and oxygen atoms in total. The molecule has 2 aromatic carbocycles. The first-order chi connectivity index (χ1) is 14.5. The minimum Gasteiger partial charge on any atom is -0.478 e. The Labute approximate surface area is 173 Å².